The van der Waals surface area contributed by atoms with Crippen LogP contribution in [-0.2, 0) is 22.6 Å². The fraction of sp³-hybridized carbons (Fsp3) is 0.556. The highest BCUT2D eigenvalue weighted by atomic mass is 16.7. The largest absolute Gasteiger partial charge is 0.496 e. The number of carbonyl (C=O) groups excluding carboxylic acids is 2. The minimum Gasteiger partial charge on any atom is -0.496 e. The number of nitrogens with two attached hydrogens (primary N) is 1. The van der Waals surface area contributed by atoms with Gasteiger partial charge in [0.2, 0.25) is 5.91 Å². The van der Waals surface area contributed by atoms with E-state index in [1.54, 1.807) is 19.1 Å². The summed E-state index contributed by atoms with van der Waals surface area (Å²) in [6.07, 6.45) is 1.52. The van der Waals surface area contributed by atoms with Gasteiger partial charge in [0.1, 0.15) is 11.8 Å². The summed E-state index contributed by atoms with van der Waals surface area (Å²) in [7, 11) is 9.57. The van der Waals surface area contributed by atoms with E-state index in [-0.39, 0.29) is 37.0 Å². The Morgan fingerprint density at radius 3 is 2.39 bits per heavy atom. The summed E-state index contributed by atoms with van der Waals surface area (Å²) in [5.41, 5.74) is 11.5. The lowest BCUT2D eigenvalue weighted by atomic mass is 9.45. The molecule has 1 aliphatic heterocycles. The van der Waals surface area contributed by atoms with Gasteiger partial charge < -0.3 is 36.0 Å². The molecule has 2 amide bonds. The molecule has 2 bridgehead atoms. The molecule has 0 radical (unpaired) electrons. The van der Waals surface area contributed by atoms with Crippen LogP contribution >= 0.6 is 0 Å². The molecule has 0 unspecified atom stereocenters. The number of methoxy groups -OCH3 is 1. The van der Waals surface area contributed by atoms with E-state index >= 15 is 0 Å². The first-order valence-corrected chi connectivity index (χ1v) is 20.2. The molecule has 304 valence electrons. The molecule has 3 saturated carbocycles. The highest BCUT2D eigenvalue weighted by Gasteiger charge is 2.57. The number of benzene rings is 3. The molecule has 9 atom stereocenters. The Kier molecular flexibility index (Phi) is 12.8. The van der Waals surface area contributed by atoms with E-state index in [9.17, 15) is 14.7 Å². The minimum absolute atomic E-state index is 0.0671. The summed E-state index contributed by atoms with van der Waals surface area (Å²) in [4.78, 5) is 38.9. The molecule has 11 heteroatoms. The number of hydrogen-bond donors (Lipinski definition) is 4. The number of hydroxylamine groups is 2. The van der Waals surface area contributed by atoms with Crippen LogP contribution in [0, 0.1) is 29.1 Å². The third-order valence-electron chi connectivity index (χ3n) is 13.0. The maximum Gasteiger partial charge on any atom is 0.251 e. The van der Waals surface area contributed by atoms with Crippen LogP contribution in [0.4, 0.5) is 5.69 Å². The molecule has 1 heterocycles. The van der Waals surface area contributed by atoms with E-state index in [0.717, 1.165) is 34.4 Å². The monoisotopic (exact) mass is 768 g/mol. The van der Waals surface area contributed by atoms with Crippen LogP contribution < -0.4 is 26.0 Å². The van der Waals surface area contributed by atoms with Gasteiger partial charge in [-0.25, -0.2) is 0 Å². The molecule has 3 aromatic carbocycles. The fourth-order valence-electron chi connectivity index (χ4n) is 9.80. The van der Waals surface area contributed by atoms with Gasteiger partial charge in [-0.2, -0.15) is 5.06 Å². The highest BCUT2D eigenvalue weighted by molar-refractivity contribution is 5.97. The molecule has 3 aliphatic carbocycles. The van der Waals surface area contributed by atoms with Crippen molar-refractivity contribution < 1.29 is 24.3 Å². The molecule has 7 rings (SSSR count). The Balaban J connectivity index is 1.28. The molecule has 3 aromatic rings. The first-order chi connectivity index (χ1) is 26.6. The zero-order valence-electron chi connectivity index (χ0n) is 34.8. The normalized spacial score (nSPS) is 26.6. The number of fused-ring (bicyclic) bond motifs is 2. The lowest BCUT2D eigenvalue weighted by Gasteiger charge is -2.62. The van der Waals surface area contributed by atoms with Gasteiger partial charge in [0.05, 0.1) is 25.9 Å². The number of para-hydroxylation sites is 1. The van der Waals surface area contributed by atoms with Crippen molar-refractivity contribution in [1.29, 1.82) is 0 Å². The average Bonchev–Trinajstić information content (AvgIpc) is 3.53. The molecular weight excluding hydrogens is 705 g/mol. The van der Waals surface area contributed by atoms with Crippen LogP contribution in [0.3, 0.4) is 0 Å². The number of nitrogens with one attached hydrogen (secondary N) is 2. The van der Waals surface area contributed by atoms with Crippen LogP contribution in [0.15, 0.2) is 66.7 Å². The van der Waals surface area contributed by atoms with Crippen LogP contribution in [0.1, 0.15) is 62.0 Å². The molecule has 4 aliphatic rings. The van der Waals surface area contributed by atoms with Gasteiger partial charge in [-0.15, -0.1) is 0 Å². The number of aliphatic hydroxyl groups excluding tert-OH is 1. The molecule has 5 N–H and O–H groups in total. The molecule has 0 spiro atoms. The van der Waals surface area contributed by atoms with E-state index in [2.05, 4.69) is 48.4 Å². The standard InChI is InChI=1S/C45H64N6O5/c1-27-37-22-33(45(37,3)4)23-38(27)48-44(54)41-40(28(2)52)39(24-46)56-51(41)25-30-16-13-17-36(42(30)55-9)31-19-32(21-35(20-31)50(7)8)43(53)47-34(26-49(5)6)18-29-14-11-10-12-15-29/h10-17,19-21,27-28,33-34,37-41,52H,18,22-26,46H2,1-9H3,(H,47,53)(H,48,54)/t27-,28-,33+,34-,37-,38-,39-,40+,41-/m0/s1. The first kappa shape index (κ1) is 41.6. The zero-order valence-corrected chi connectivity index (χ0v) is 34.8. The Bertz CT molecular complexity index is 1830. The average molecular weight is 769 g/mol. The lowest BCUT2D eigenvalue weighted by molar-refractivity contribution is -0.175. The summed E-state index contributed by atoms with van der Waals surface area (Å²) >= 11 is 0. The molecular formula is C45H64N6O5. The summed E-state index contributed by atoms with van der Waals surface area (Å²) in [5, 5.41) is 19.4. The summed E-state index contributed by atoms with van der Waals surface area (Å²) < 4.78 is 6.13. The predicted octanol–water partition coefficient (Wildman–Crippen LogP) is 4.96. The zero-order chi connectivity index (χ0) is 40.5. The van der Waals surface area contributed by atoms with Crippen LogP contribution in [-0.4, -0.2) is 106 Å². The number of amides is 2. The quantitative estimate of drug-likeness (QED) is 0.170. The van der Waals surface area contributed by atoms with Gasteiger partial charge in [-0.1, -0.05) is 69.3 Å². The Hall–Kier alpha value is -4.00. The van der Waals surface area contributed by atoms with E-state index in [1.165, 1.54) is 6.42 Å². The topological polar surface area (TPSA) is 133 Å². The van der Waals surface area contributed by atoms with Crippen molar-refractivity contribution in [3.05, 3.63) is 83.4 Å². The number of rotatable bonds is 15. The van der Waals surface area contributed by atoms with Gasteiger partial charge in [-0.3, -0.25) is 14.4 Å². The minimum atomic E-state index is -0.822. The van der Waals surface area contributed by atoms with Crippen LogP contribution in [0.2, 0.25) is 0 Å². The number of nitrogens with zero attached hydrogens (tertiary/aromatic N) is 3. The number of aliphatic hydroxyl groups is 1. The third kappa shape index (κ3) is 8.62. The second-order valence-corrected chi connectivity index (χ2v) is 17.6. The second kappa shape index (κ2) is 17.2. The summed E-state index contributed by atoms with van der Waals surface area (Å²) in [6.45, 7) is 9.74. The van der Waals surface area contributed by atoms with Crippen LogP contribution in [0.25, 0.3) is 11.1 Å². The first-order valence-electron chi connectivity index (χ1n) is 20.2. The van der Waals surface area contributed by atoms with Crippen molar-refractivity contribution >= 4 is 17.5 Å². The van der Waals surface area contributed by atoms with E-state index in [0.29, 0.717) is 47.4 Å². The second-order valence-electron chi connectivity index (χ2n) is 17.6. The third-order valence-corrected chi connectivity index (χ3v) is 13.0. The molecule has 56 heavy (non-hydrogen) atoms. The number of carbonyl (C=O) groups is 2. The van der Waals surface area contributed by atoms with E-state index < -0.39 is 24.2 Å². The number of ether oxygens (including phenoxy) is 1. The van der Waals surface area contributed by atoms with Crippen LogP contribution in [0.5, 0.6) is 5.75 Å². The van der Waals surface area contributed by atoms with Gasteiger partial charge in [0.15, 0.2) is 0 Å². The van der Waals surface area contributed by atoms with Crippen molar-refractivity contribution in [2.24, 2.45) is 34.8 Å². The molecule has 11 nitrogen and oxygen atoms in total. The SMILES string of the molecule is COc1c(CN2O[C@@H](CN)[C@@H]([C@H](C)O)[C@H]2C(=O)N[C@H]2C[C@H]3C[C@@H]([C@@H]2C)C3(C)C)cccc1-c1cc(C(=O)N[C@@H](Cc2ccccc2)CN(C)C)cc(N(C)C)c1. The Labute approximate surface area is 333 Å². The van der Waals surface area contributed by atoms with Crippen molar-refractivity contribution in [3.63, 3.8) is 0 Å². The maximum absolute atomic E-state index is 14.3. The van der Waals surface area contributed by atoms with Crippen molar-refractivity contribution in [3.8, 4) is 16.9 Å². The number of likely N-dealkylation sites (N-methyl/N-ethyl adjacent to an activating group) is 1. The number of hydrogen-bond acceptors (Lipinski definition) is 9. The predicted molar refractivity (Wildman–Crippen MR) is 222 cm³/mol. The van der Waals surface area contributed by atoms with Gasteiger partial charge in [0, 0.05) is 67.6 Å². The van der Waals surface area contributed by atoms with Gasteiger partial charge in [0.25, 0.3) is 5.91 Å². The summed E-state index contributed by atoms with van der Waals surface area (Å²) in [6, 6.07) is 21.2. The maximum atomic E-state index is 14.3. The number of anilines is 1. The molecule has 0 aromatic heterocycles. The van der Waals surface area contributed by atoms with E-state index in [1.807, 2.05) is 87.7 Å². The fourth-order valence-corrected chi connectivity index (χ4v) is 9.80. The lowest BCUT2D eigenvalue weighted by Crippen LogP contribution is -2.62. The smallest absolute Gasteiger partial charge is 0.251 e. The van der Waals surface area contributed by atoms with Crippen molar-refractivity contribution in [1.82, 2.24) is 20.6 Å². The summed E-state index contributed by atoms with van der Waals surface area (Å²) in [5.74, 6) is 1.31. The highest BCUT2D eigenvalue weighted by Crippen LogP contribution is 2.61. The Morgan fingerprint density at radius 2 is 1.79 bits per heavy atom. The van der Waals surface area contributed by atoms with Crippen molar-refractivity contribution in [2.45, 2.75) is 83.8 Å². The van der Waals surface area contributed by atoms with E-state index in [4.69, 9.17) is 15.3 Å². The van der Waals surface area contributed by atoms with Gasteiger partial charge in [-0.05, 0) is 92.8 Å². The van der Waals surface area contributed by atoms with Gasteiger partial charge >= 0.3 is 0 Å². The molecule has 4 fully saturated rings. The van der Waals surface area contributed by atoms with Crippen molar-refractivity contribution in [2.75, 3.05) is 53.3 Å². The Morgan fingerprint density at radius 1 is 1.05 bits per heavy atom. The molecule has 1 saturated heterocycles.